The molecule has 0 atom stereocenters. The summed E-state index contributed by atoms with van der Waals surface area (Å²) in [6.07, 6.45) is 7.08. The molecule has 0 aliphatic heterocycles. The third kappa shape index (κ3) is 5.31. The Bertz CT molecular complexity index is 1320. The fourth-order valence-electron chi connectivity index (χ4n) is 3.55. The van der Waals surface area contributed by atoms with Gasteiger partial charge in [0.25, 0.3) is 0 Å². The van der Waals surface area contributed by atoms with E-state index in [1.165, 1.54) is 6.08 Å². The fourth-order valence-corrected chi connectivity index (χ4v) is 3.55. The number of hydrogen-bond donors (Lipinski definition) is 0. The highest BCUT2D eigenvalue weighted by molar-refractivity contribution is 5.95. The SMILES string of the molecule is COc1cc(/C=C/c2ccccc2)c(/C=C/C(=O)Oc2cccc3ccccc23)c(OC)c1. The molecule has 0 N–H and O–H groups in total. The molecule has 4 aromatic rings. The summed E-state index contributed by atoms with van der Waals surface area (Å²) in [5, 5.41) is 1.90. The molecule has 0 amide bonds. The summed E-state index contributed by atoms with van der Waals surface area (Å²) in [5.74, 6) is 1.31. The molecule has 0 saturated carbocycles. The van der Waals surface area contributed by atoms with Gasteiger partial charge in [-0.25, -0.2) is 4.79 Å². The molecule has 4 rings (SSSR count). The number of ether oxygens (including phenoxy) is 3. The van der Waals surface area contributed by atoms with E-state index in [9.17, 15) is 4.79 Å². The maximum absolute atomic E-state index is 12.7. The third-order valence-corrected chi connectivity index (χ3v) is 5.20. The molecule has 0 bridgehead atoms. The van der Waals surface area contributed by atoms with E-state index >= 15 is 0 Å². The van der Waals surface area contributed by atoms with E-state index in [-0.39, 0.29) is 0 Å². The third-order valence-electron chi connectivity index (χ3n) is 5.20. The van der Waals surface area contributed by atoms with Crippen LogP contribution in [0.5, 0.6) is 17.2 Å². The summed E-state index contributed by atoms with van der Waals surface area (Å²) in [6, 6.07) is 27.1. The zero-order valence-corrected chi connectivity index (χ0v) is 18.5. The summed E-state index contributed by atoms with van der Waals surface area (Å²) in [7, 11) is 3.20. The van der Waals surface area contributed by atoms with Crippen LogP contribution in [-0.4, -0.2) is 20.2 Å². The second kappa shape index (κ2) is 10.3. The average molecular weight is 437 g/mol. The van der Waals surface area contributed by atoms with Gasteiger partial charge in [-0.3, -0.25) is 0 Å². The molecule has 0 spiro atoms. The molecule has 33 heavy (non-hydrogen) atoms. The smallest absolute Gasteiger partial charge is 0.336 e. The number of carbonyl (C=O) groups excluding carboxylic acids is 1. The molecule has 4 aromatic carbocycles. The minimum absolute atomic E-state index is 0.470. The van der Waals surface area contributed by atoms with Crippen LogP contribution in [0.2, 0.25) is 0 Å². The number of hydrogen-bond acceptors (Lipinski definition) is 4. The Balaban J connectivity index is 1.64. The van der Waals surface area contributed by atoms with Gasteiger partial charge in [0.15, 0.2) is 0 Å². The van der Waals surface area contributed by atoms with Crippen molar-refractivity contribution < 1.29 is 19.0 Å². The number of carbonyl (C=O) groups is 1. The topological polar surface area (TPSA) is 44.8 Å². The lowest BCUT2D eigenvalue weighted by molar-refractivity contribution is -0.128. The highest BCUT2D eigenvalue weighted by Gasteiger charge is 2.10. The first kappa shape index (κ1) is 21.9. The van der Waals surface area contributed by atoms with Crippen LogP contribution in [0.1, 0.15) is 16.7 Å². The first-order valence-corrected chi connectivity index (χ1v) is 10.5. The molecule has 0 fully saturated rings. The van der Waals surface area contributed by atoms with Crippen molar-refractivity contribution in [1.82, 2.24) is 0 Å². The Morgan fingerprint density at radius 3 is 2.27 bits per heavy atom. The van der Waals surface area contributed by atoms with Gasteiger partial charge in [0.05, 0.1) is 14.2 Å². The van der Waals surface area contributed by atoms with Crippen LogP contribution in [0.15, 0.2) is 91.0 Å². The summed E-state index contributed by atoms with van der Waals surface area (Å²) in [4.78, 5) is 12.7. The molecule has 0 saturated heterocycles. The summed E-state index contributed by atoms with van der Waals surface area (Å²) < 4.78 is 16.6. The molecule has 164 valence electrons. The molecular formula is C29H24O4. The summed E-state index contributed by atoms with van der Waals surface area (Å²) in [6.45, 7) is 0. The minimum Gasteiger partial charge on any atom is -0.497 e. The molecule has 4 heteroatoms. The van der Waals surface area contributed by atoms with Crippen LogP contribution in [0.3, 0.4) is 0 Å². The normalized spacial score (nSPS) is 11.2. The van der Waals surface area contributed by atoms with Gasteiger partial charge in [0.1, 0.15) is 17.2 Å². The maximum atomic E-state index is 12.7. The van der Waals surface area contributed by atoms with Crippen molar-refractivity contribution in [2.75, 3.05) is 14.2 Å². The molecule has 0 aliphatic carbocycles. The Hall–Kier alpha value is -4.31. The molecular weight excluding hydrogens is 412 g/mol. The van der Waals surface area contributed by atoms with Crippen molar-refractivity contribution in [2.24, 2.45) is 0 Å². The van der Waals surface area contributed by atoms with Crippen molar-refractivity contribution >= 4 is 35.0 Å². The lowest BCUT2D eigenvalue weighted by Crippen LogP contribution is -2.04. The molecule has 0 aliphatic rings. The zero-order valence-electron chi connectivity index (χ0n) is 18.5. The average Bonchev–Trinajstić information content (AvgIpc) is 2.86. The van der Waals surface area contributed by atoms with Crippen LogP contribution in [0.4, 0.5) is 0 Å². The van der Waals surface area contributed by atoms with E-state index in [2.05, 4.69) is 0 Å². The maximum Gasteiger partial charge on any atom is 0.336 e. The van der Waals surface area contributed by atoms with Crippen LogP contribution in [0.25, 0.3) is 29.0 Å². The molecule has 4 nitrogen and oxygen atoms in total. The predicted octanol–water partition coefficient (Wildman–Crippen LogP) is 6.65. The highest BCUT2D eigenvalue weighted by atomic mass is 16.5. The molecule has 0 heterocycles. The van der Waals surface area contributed by atoms with Crippen LogP contribution in [-0.2, 0) is 4.79 Å². The van der Waals surface area contributed by atoms with Gasteiger partial charge in [-0.1, -0.05) is 78.9 Å². The van der Waals surface area contributed by atoms with Crippen molar-refractivity contribution in [3.8, 4) is 17.2 Å². The van der Waals surface area contributed by atoms with Crippen molar-refractivity contribution in [2.45, 2.75) is 0 Å². The van der Waals surface area contributed by atoms with Gasteiger partial charge < -0.3 is 14.2 Å². The van der Waals surface area contributed by atoms with E-state index < -0.39 is 5.97 Å². The van der Waals surface area contributed by atoms with E-state index in [4.69, 9.17) is 14.2 Å². The first-order chi connectivity index (χ1) is 16.2. The second-order valence-corrected chi connectivity index (χ2v) is 7.31. The van der Waals surface area contributed by atoms with Gasteiger partial charge >= 0.3 is 5.97 Å². The van der Waals surface area contributed by atoms with Crippen molar-refractivity contribution in [3.05, 3.63) is 108 Å². The lowest BCUT2D eigenvalue weighted by Gasteiger charge is -2.12. The summed E-state index contributed by atoms with van der Waals surface area (Å²) >= 11 is 0. The zero-order chi connectivity index (χ0) is 23.0. The number of esters is 1. The Morgan fingerprint density at radius 2 is 1.48 bits per heavy atom. The van der Waals surface area contributed by atoms with E-state index in [1.54, 1.807) is 32.4 Å². The van der Waals surface area contributed by atoms with Gasteiger partial charge in [-0.05, 0) is 34.7 Å². The lowest BCUT2D eigenvalue weighted by atomic mass is 10.0. The van der Waals surface area contributed by atoms with Crippen LogP contribution < -0.4 is 14.2 Å². The highest BCUT2D eigenvalue weighted by Crippen LogP contribution is 2.32. The van der Waals surface area contributed by atoms with Crippen LogP contribution in [0, 0.1) is 0 Å². The van der Waals surface area contributed by atoms with E-state index in [0.717, 1.165) is 27.5 Å². The largest absolute Gasteiger partial charge is 0.497 e. The van der Waals surface area contributed by atoms with Gasteiger partial charge in [-0.2, -0.15) is 0 Å². The van der Waals surface area contributed by atoms with E-state index in [1.807, 2.05) is 84.9 Å². The summed E-state index contributed by atoms with van der Waals surface area (Å²) in [5.41, 5.74) is 2.66. The van der Waals surface area contributed by atoms with Gasteiger partial charge in [0.2, 0.25) is 0 Å². The molecule has 0 radical (unpaired) electrons. The number of benzene rings is 4. The first-order valence-electron chi connectivity index (χ1n) is 10.5. The second-order valence-electron chi connectivity index (χ2n) is 7.31. The number of methoxy groups -OCH3 is 2. The van der Waals surface area contributed by atoms with E-state index in [0.29, 0.717) is 17.2 Å². The van der Waals surface area contributed by atoms with Gasteiger partial charge in [0, 0.05) is 23.1 Å². The fraction of sp³-hybridized carbons (Fsp3) is 0.0690. The van der Waals surface area contributed by atoms with Crippen molar-refractivity contribution in [3.63, 3.8) is 0 Å². The Labute approximate surface area is 193 Å². The number of rotatable bonds is 7. The van der Waals surface area contributed by atoms with Crippen molar-refractivity contribution in [1.29, 1.82) is 0 Å². The Morgan fingerprint density at radius 1 is 0.727 bits per heavy atom. The minimum atomic E-state index is -0.470. The Kier molecular flexibility index (Phi) is 6.86. The standard InChI is InChI=1S/C29H24O4/c1-31-24-19-23(16-15-21-9-4-3-5-10-21)26(28(20-24)32-2)17-18-29(30)33-27-14-8-12-22-11-6-7-13-25(22)27/h3-20H,1-2H3/b16-15+,18-17+. The monoisotopic (exact) mass is 436 g/mol. The van der Waals surface area contributed by atoms with Crippen LogP contribution >= 0.6 is 0 Å². The van der Waals surface area contributed by atoms with Gasteiger partial charge in [-0.15, -0.1) is 0 Å². The molecule has 0 aromatic heterocycles. The quantitative estimate of drug-likeness (QED) is 0.141. The molecule has 0 unspecified atom stereocenters. The number of fused-ring (bicyclic) bond motifs is 1. The predicted molar refractivity (Wildman–Crippen MR) is 134 cm³/mol.